The lowest BCUT2D eigenvalue weighted by Gasteiger charge is -2.35. The van der Waals surface area contributed by atoms with E-state index in [-0.39, 0.29) is 24.6 Å². The molecule has 172 valence electrons. The van der Waals surface area contributed by atoms with Crippen LogP contribution < -0.4 is 19.1 Å². The van der Waals surface area contributed by atoms with Crippen molar-refractivity contribution in [1.29, 1.82) is 0 Å². The molecular formula is C25H26N2O5S. The predicted octanol–water partition coefficient (Wildman–Crippen LogP) is 3.45. The number of benzene rings is 3. The van der Waals surface area contributed by atoms with Gasteiger partial charge in [0.05, 0.1) is 23.7 Å². The molecule has 0 radical (unpaired) electrons. The molecule has 4 rings (SSSR count). The fraction of sp³-hybridized carbons (Fsp3) is 0.240. The van der Waals surface area contributed by atoms with Crippen molar-refractivity contribution in [3.05, 3.63) is 83.9 Å². The Bertz CT molecular complexity index is 1230. The molecule has 3 aromatic carbocycles. The largest absolute Gasteiger partial charge is 0.492 e. The van der Waals surface area contributed by atoms with E-state index in [1.165, 1.54) is 4.31 Å². The molecule has 1 heterocycles. The first-order chi connectivity index (χ1) is 15.8. The van der Waals surface area contributed by atoms with Crippen molar-refractivity contribution in [2.24, 2.45) is 0 Å². The third-order valence-corrected chi connectivity index (χ3v) is 7.09. The molecular weight excluding hydrogens is 440 g/mol. The number of fused-ring (bicyclic) bond motifs is 1. The van der Waals surface area contributed by atoms with Gasteiger partial charge in [0.15, 0.2) is 6.10 Å². The van der Waals surface area contributed by atoms with Gasteiger partial charge in [-0.25, -0.2) is 8.42 Å². The van der Waals surface area contributed by atoms with Crippen LogP contribution in [0.15, 0.2) is 77.7 Å². The van der Waals surface area contributed by atoms with Crippen LogP contribution in [0.2, 0.25) is 0 Å². The number of aryl methyl sites for hydroxylation is 2. The van der Waals surface area contributed by atoms with E-state index < -0.39 is 22.0 Å². The fourth-order valence-electron chi connectivity index (χ4n) is 3.54. The highest BCUT2D eigenvalue weighted by atomic mass is 32.2. The summed E-state index contributed by atoms with van der Waals surface area (Å²) in [5.41, 5.74) is 2.28. The zero-order valence-electron chi connectivity index (χ0n) is 18.5. The van der Waals surface area contributed by atoms with Gasteiger partial charge in [-0.1, -0.05) is 42.0 Å². The molecule has 0 aromatic heterocycles. The van der Waals surface area contributed by atoms with E-state index in [9.17, 15) is 13.2 Å². The lowest BCUT2D eigenvalue weighted by molar-refractivity contribution is -0.127. The van der Waals surface area contributed by atoms with Gasteiger partial charge in [0, 0.05) is 0 Å². The molecule has 1 unspecified atom stereocenters. The fourth-order valence-corrected chi connectivity index (χ4v) is 5.01. The number of hydrogen-bond donors (Lipinski definition) is 1. The van der Waals surface area contributed by atoms with Crippen molar-refractivity contribution in [3.8, 4) is 11.5 Å². The molecule has 1 aliphatic rings. The number of carbonyl (C=O) groups is 1. The minimum Gasteiger partial charge on any atom is -0.492 e. The van der Waals surface area contributed by atoms with Crippen LogP contribution in [0.4, 0.5) is 5.69 Å². The van der Waals surface area contributed by atoms with Crippen molar-refractivity contribution < 1.29 is 22.7 Å². The van der Waals surface area contributed by atoms with Crippen LogP contribution in [0, 0.1) is 13.8 Å². The van der Waals surface area contributed by atoms with Gasteiger partial charge in [0.1, 0.15) is 18.1 Å². The molecule has 1 atom stereocenters. The second kappa shape index (κ2) is 9.54. The molecule has 0 saturated heterocycles. The quantitative estimate of drug-likeness (QED) is 0.539. The van der Waals surface area contributed by atoms with E-state index >= 15 is 0 Å². The van der Waals surface area contributed by atoms with Crippen molar-refractivity contribution in [2.75, 3.05) is 24.0 Å². The van der Waals surface area contributed by atoms with Gasteiger partial charge in [0.2, 0.25) is 0 Å². The first-order valence-electron chi connectivity index (χ1n) is 10.7. The number of nitrogens with zero attached hydrogens (tertiary/aromatic N) is 1. The second-order valence-corrected chi connectivity index (χ2v) is 9.74. The maximum atomic E-state index is 13.5. The zero-order chi connectivity index (χ0) is 23.4. The molecule has 0 saturated carbocycles. The zero-order valence-corrected chi connectivity index (χ0v) is 19.3. The maximum absolute atomic E-state index is 13.5. The monoisotopic (exact) mass is 466 g/mol. The van der Waals surface area contributed by atoms with E-state index in [0.717, 1.165) is 11.1 Å². The molecule has 0 fully saturated rings. The Hall–Kier alpha value is -3.52. The summed E-state index contributed by atoms with van der Waals surface area (Å²) in [6, 6.07) is 21.2. The van der Waals surface area contributed by atoms with Gasteiger partial charge in [-0.15, -0.1) is 0 Å². The Morgan fingerprint density at radius 2 is 1.73 bits per heavy atom. The summed E-state index contributed by atoms with van der Waals surface area (Å²) in [5.74, 6) is 0.668. The van der Waals surface area contributed by atoms with Crippen LogP contribution in [-0.2, 0) is 14.8 Å². The highest BCUT2D eigenvalue weighted by molar-refractivity contribution is 7.92. The third kappa shape index (κ3) is 5.12. The average Bonchev–Trinajstić information content (AvgIpc) is 2.81. The number of amides is 1. The Kier molecular flexibility index (Phi) is 6.55. The van der Waals surface area contributed by atoms with E-state index in [1.54, 1.807) is 36.4 Å². The molecule has 7 nitrogen and oxygen atoms in total. The third-order valence-electron chi connectivity index (χ3n) is 5.30. The number of nitrogens with one attached hydrogen (secondary N) is 1. The van der Waals surface area contributed by atoms with Gasteiger partial charge in [-0.2, -0.15) is 0 Å². The summed E-state index contributed by atoms with van der Waals surface area (Å²) >= 11 is 0. The van der Waals surface area contributed by atoms with E-state index in [2.05, 4.69) is 5.32 Å². The SMILES string of the molecule is Cc1ccc(S(=O)(=O)N2CC(C(=O)NCCOc3ccccc3)Oc3cc(C)ccc32)cc1. The number of sulfonamides is 1. The smallest absolute Gasteiger partial charge is 0.264 e. The summed E-state index contributed by atoms with van der Waals surface area (Å²) in [6.45, 7) is 4.19. The van der Waals surface area contributed by atoms with Crippen molar-refractivity contribution in [3.63, 3.8) is 0 Å². The Morgan fingerprint density at radius 1 is 1.03 bits per heavy atom. The predicted molar refractivity (Wildman–Crippen MR) is 126 cm³/mol. The van der Waals surface area contributed by atoms with Crippen molar-refractivity contribution >= 4 is 21.6 Å². The van der Waals surface area contributed by atoms with Crippen molar-refractivity contribution in [1.82, 2.24) is 5.32 Å². The molecule has 0 bridgehead atoms. The molecule has 1 N–H and O–H groups in total. The Morgan fingerprint density at radius 3 is 2.45 bits per heavy atom. The first-order valence-corrected chi connectivity index (χ1v) is 12.1. The van der Waals surface area contributed by atoms with Crippen LogP contribution in [0.3, 0.4) is 0 Å². The number of rotatable bonds is 7. The topological polar surface area (TPSA) is 84.9 Å². The van der Waals surface area contributed by atoms with Gasteiger partial charge < -0.3 is 14.8 Å². The number of anilines is 1. The summed E-state index contributed by atoms with van der Waals surface area (Å²) in [7, 11) is -3.88. The summed E-state index contributed by atoms with van der Waals surface area (Å²) in [5, 5.41) is 2.78. The van der Waals surface area contributed by atoms with Crippen molar-refractivity contribution in [2.45, 2.75) is 24.8 Å². The van der Waals surface area contributed by atoms with Gasteiger partial charge in [0.25, 0.3) is 15.9 Å². The maximum Gasteiger partial charge on any atom is 0.264 e. The number of para-hydroxylation sites is 1. The molecule has 1 amide bonds. The van der Waals surface area contributed by atoms with Crippen LogP contribution in [-0.4, -0.2) is 40.1 Å². The molecule has 1 aliphatic heterocycles. The van der Waals surface area contributed by atoms with Crippen LogP contribution >= 0.6 is 0 Å². The highest BCUT2D eigenvalue weighted by Crippen LogP contribution is 2.37. The number of hydrogen-bond acceptors (Lipinski definition) is 5. The minimum atomic E-state index is -3.88. The highest BCUT2D eigenvalue weighted by Gasteiger charge is 2.37. The lowest BCUT2D eigenvalue weighted by Crippen LogP contribution is -2.51. The second-order valence-electron chi connectivity index (χ2n) is 7.88. The summed E-state index contributed by atoms with van der Waals surface area (Å²) < 4.78 is 39.7. The summed E-state index contributed by atoms with van der Waals surface area (Å²) in [6.07, 6.45) is -0.990. The molecule has 0 spiro atoms. The Balaban J connectivity index is 1.51. The molecule has 33 heavy (non-hydrogen) atoms. The Labute approximate surface area is 194 Å². The molecule has 8 heteroatoms. The molecule has 0 aliphatic carbocycles. The average molecular weight is 467 g/mol. The molecule has 3 aromatic rings. The van der Waals surface area contributed by atoms with Gasteiger partial charge in [-0.05, 0) is 55.8 Å². The summed E-state index contributed by atoms with van der Waals surface area (Å²) in [4.78, 5) is 13.0. The number of carbonyl (C=O) groups excluding carboxylic acids is 1. The standard InChI is InChI=1S/C25H26N2O5S/c1-18-8-11-21(12-9-18)33(29,30)27-17-24(32-23-16-19(2)10-13-22(23)27)25(28)26-14-15-31-20-6-4-3-5-7-20/h3-13,16,24H,14-15,17H2,1-2H3,(H,26,28). The van der Waals surface area contributed by atoms with E-state index in [0.29, 0.717) is 17.2 Å². The first kappa shape index (κ1) is 22.7. The van der Waals surface area contributed by atoms with Crippen LogP contribution in [0.1, 0.15) is 11.1 Å². The van der Waals surface area contributed by atoms with Gasteiger partial charge >= 0.3 is 0 Å². The van der Waals surface area contributed by atoms with Gasteiger partial charge in [-0.3, -0.25) is 9.10 Å². The van der Waals surface area contributed by atoms with Crippen LogP contribution in [0.5, 0.6) is 11.5 Å². The van der Waals surface area contributed by atoms with E-state index in [4.69, 9.17) is 9.47 Å². The van der Waals surface area contributed by atoms with E-state index in [1.807, 2.05) is 50.2 Å². The minimum absolute atomic E-state index is 0.127. The number of ether oxygens (including phenoxy) is 2. The lowest BCUT2D eigenvalue weighted by atomic mass is 10.1. The van der Waals surface area contributed by atoms with Crippen LogP contribution in [0.25, 0.3) is 0 Å². The normalized spacial score (nSPS) is 15.3.